The predicted molar refractivity (Wildman–Crippen MR) is 134 cm³/mol. The number of Topliss-reactive ketones (excluding diaryl/α,β-unsaturated/α-hetero) is 1. The number of hydrogen-bond donors (Lipinski definition) is 3. The van der Waals surface area contributed by atoms with Crippen molar-refractivity contribution in [3.63, 3.8) is 0 Å². The van der Waals surface area contributed by atoms with E-state index in [1.807, 2.05) is 30.3 Å². The van der Waals surface area contributed by atoms with Gasteiger partial charge < -0.3 is 15.7 Å². The highest BCUT2D eigenvalue weighted by molar-refractivity contribution is 6.39. The summed E-state index contributed by atoms with van der Waals surface area (Å²) < 4.78 is 0. The average Bonchev–Trinajstić information content (AvgIpc) is 3.21. The standard InChI is InChI=1S/C26H21Cl2N3O4/c27-18-13-29-14-19(28)25(18)31-26(35)17-8-6-15(7-9-17)21(12-23(33)34)30-20-10-11-22(32)24(20)16-4-2-1-3-5-16/h1-9,13-14,21,30H,10-12H2,(H,33,34)(H,29,31,35). The molecule has 35 heavy (non-hydrogen) atoms. The van der Waals surface area contributed by atoms with Gasteiger partial charge in [-0.15, -0.1) is 0 Å². The number of aliphatic carboxylic acids is 1. The Bertz CT molecular complexity index is 1290. The van der Waals surface area contributed by atoms with Crippen molar-refractivity contribution in [2.75, 3.05) is 5.32 Å². The Morgan fingerprint density at radius 3 is 2.26 bits per heavy atom. The number of pyridine rings is 1. The molecule has 3 N–H and O–H groups in total. The van der Waals surface area contributed by atoms with Crippen LogP contribution >= 0.6 is 23.2 Å². The van der Waals surface area contributed by atoms with Crippen LogP contribution in [0.5, 0.6) is 0 Å². The second-order valence-electron chi connectivity index (χ2n) is 7.99. The van der Waals surface area contributed by atoms with Crippen molar-refractivity contribution >= 4 is 52.1 Å². The molecule has 0 spiro atoms. The largest absolute Gasteiger partial charge is 0.481 e. The molecule has 0 bridgehead atoms. The van der Waals surface area contributed by atoms with E-state index >= 15 is 0 Å². The van der Waals surface area contributed by atoms with Crippen molar-refractivity contribution in [2.45, 2.75) is 25.3 Å². The van der Waals surface area contributed by atoms with Crippen molar-refractivity contribution in [3.05, 3.63) is 99.4 Å². The van der Waals surface area contributed by atoms with Crippen LogP contribution in [-0.4, -0.2) is 27.8 Å². The second-order valence-corrected chi connectivity index (χ2v) is 8.81. The first-order valence-electron chi connectivity index (χ1n) is 10.8. The monoisotopic (exact) mass is 509 g/mol. The van der Waals surface area contributed by atoms with E-state index in [9.17, 15) is 19.5 Å². The number of carbonyl (C=O) groups is 3. The number of allylic oxidation sites excluding steroid dienone is 2. The number of carboxylic acid groups (broad SMARTS) is 1. The molecule has 0 saturated carbocycles. The van der Waals surface area contributed by atoms with Crippen LogP contribution in [0, 0.1) is 0 Å². The molecule has 0 radical (unpaired) electrons. The predicted octanol–water partition coefficient (Wildman–Crippen LogP) is 5.52. The third kappa shape index (κ3) is 5.70. The molecule has 1 aliphatic carbocycles. The Balaban J connectivity index is 1.57. The molecule has 1 heterocycles. The minimum absolute atomic E-state index is 0.0215. The van der Waals surface area contributed by atoms with Crippen LogP contribution < -0.4 is 10.6 Å². The summed E-state index contributed by atoms with van der Waals surface area (Å²) in [6.07, 6.45) is 3.42. The molecule has 1 aromatic heterocycles. The lowest BCUT2D eigenvalue weighted by Crippen LogP contribution is -2.24. The van der Waals surface area contributed by atoms with E-state index in [4.69, 9.17) is 23.2 Å². The van der Waals surface area contributed by atoms with Gasteiger partial charge in [0.1, 0.15) is 0 Å². The molecule has 9 heteroatoms. The Hall–Kier alpha value is -3.68. The van der Waals surface area contributed by atoms with E-state index < -0.39 is 17.9 Å². The summed E-state index contributed by atoms with van der Waals surface area (Å²) in [5, 5.41) is 15.9. The summed E-state index contributed by atoms with van der Waals surface area (Å²) >= 11 is 12.1. The van der Waals surface area contributed by atoms with Crippen molar-refractivity contribution in [2.24, 2.45) is 0 Å². The topological polar surface area (TPSA) is 108 Å². The highest BCUT2D eigenvalue weighted by Crippen LogP contribution is 2.32. The van der Waals surface area contributed by atoms with Gasteiger partial charge in [-0.1, -0.05) is 65.7 Å². The lowest BCUT2D eigenvalue weighted by atomic mass is 9.99. The minimum atomic E-state index is -0.988. The van der Waals surface area contributed by atoms with Crippen LogP contribution in [0.1, 0.15) is 46.8 Å². The number of nitrogens with one attached hydrogen (secondary N) is 2. The number of benzene rings is 2. The van der Waals surface area contributed by atoms with Gasteiger partial charge in [-0.3, -0.25) is 19.4 Å². The second kappa shape index (κ2) is 10.7. The van der Waals surface area contributed by atoms with Gasteiger partial charge in [0.05, 0.1) is 28.2 Å². The minimum Gasteiger partial charge on any atom is -0.481 e. The number of ketones is 1. The van der Waals surface area contributed by atoms with Gasteiger partial charge in [-0.05, 0) is 29.7 Å². The Morgan fingerprint density at radius 1 is 0.971 bits per heavy atom. The first kappa shape index (κ1) is 24.4. The van der Waals surface area contributed by atoms with E-state index in [1.165, 1.54) is 12.4 Å². The molecule has 7 nitrogen and oxygen atoms in total. The molecule has 1 atom stereocenters. The fourth-order valence-corrected chi connectivity index (χ4v) is 4.42. The van der Waals surface area contributed by atoms with E-state index in [2.05, 4.69) is 15.6 Å². The Kier molecular flexibility index (Phi) is 7.48. The maximum atomic E-state index is 12.7. The van der Waals surface area contributed by atoms with Crippen molar-refractivity contribution in [1.82, 2.24) is 10.3 Å². The molecule has 4 rings (SSSR count). The quantitative estimate of drug-likeness (QED) is 0.368. The summed E-state index contributed by atoms with van der Waals surface area (Å²) in [6, 6.07) is 15.3. The Morgan fingerprint density at radius 2 is 1.63 bits per heavy atom. The molecular weight excluding hydrogens is 489 g/mol. The van der Waals surface area contributed by atoms with Gasteiger partial charge in [-0.2, -0.15) is 0 Å². The van der Waals surface area contributed by atoms with Crippen molar-refractivity contribution in [3.8, 4) is 0 Å². The molecule has 1 aliphatic rings. The van der Waals surface area contributed by atoms with Gasteiger partial charge in [0.2, 0.25) is 0 Å². The van der Waals surface area contributed by atoms with Crippen LogP contribution in [-0.2, 0) is 9.59 Å². The lowest BCUT2D eigenvalue weighted by molar-refractivity contribution is -0.137. The number of carbonyl (C=O) groups excluding carboxylic acids is 2. The third-order valence-corrected chi connectivity index (χ3v) is 6.21. The number of aromatic nitrogens is 1. The number of rotatable bonds is 8. The summed E-state index contributed by atoms with van der Waals surface area (Å²) in [5.41, 5.74) is 3.37. The van der Waals surface area contributed by atoms with E-state index in [1.54, 1.807) is 24.3 Å². The van der Waals surface area contributed by atoms with Gasteiger partial charge in [0.25, 0.3) is 5.91 Å². The zero-order chi connectivity index (χ0) is 24.9. The van der Waals surface area contributed by atoms with E-state index in [-0.39, 0.29) is 27.9 Å². The SMILES string of the molecule is O=C(O)CC(NC1=C(c2ccccc2)C(=O)CC1)c1ccc(C(=O)Nc2c(Cl)cncc2Cl)cc1. The first-order chi connectivity index (χ1) is 16.8. The van der Waals surface area contributed by atoms with Crippen LogP contribution in [0.3, 0.4) is 0 Å². The van der Waals surface area contributed by atoms with Gasteiger partial charge >= 0.3 is 5.97 Å². The number of amides is 1. The number of hydrogen-bond acceptors (Lipinski definition) is 5. The molecule has 1 unspecified atom stereocenters. The highest BCUT2D eigenvalue weighted by Gasteiger charge is 2.27. The van der Waals surface area contributed by atoms with Gasteiger partial charge in [0.15, 0.2) is 5.78 Å². The molecular formula is C26H21Cl2N3O4. The third-order valence-electron chi connectivity index (χ3n) is 5.64. The maximum Gasteiger partial charge on any atom is 0.305 e. The maximum absolute atomic E-state index is 12.7. The molecule has 0 saturated heterocycles. The zero-order valence-electron chi connectivity index (χ0n) is 18.4. The zero-order valence-corrected chi connectivity index (χ0v) is 19.9. The van der Waals surface area contributed by atoms with Gasteiger partial charge in [0, 0.05) is 35.6 Å². The normalized spacial score (nSPS) is 14.1. The smallest absolute Gasteiger partial charge is 0.305 e. The first-order valence-corrected chi connectivity index (χ1v) is 11.6. The lowest BCUT2D eigenvalue weighted by Gasteiger charge is -2.21. The van der Waals surface area contributed by atoms with E-state index in [0.29, 0.717) is 29.5 Å². The molecule has 0 aliphatic heterocycles. The van der Waals surface area contributed by atoms with Crippen LogP contribution in [0.4, 0.5) is 5.69 Å². The van der Waals surface area contributed by atoms with Crippen molar-refractivity contribution in [1.29, 1.82) is 0 Å². The van der Waals surface area contributed by atoms with Crippen LogP contribution in [0.2, 0.25) is 10.0 Å². The molecule has 0 fully saturated rings. The number of halogens is 2. The number of nitrogens with zero attached hydrogens (tertiary/aromatic N) is 1. The summed E-state index contributed by atoms with van der Waals surface area (Å²) in [5.74, 6) is -1.39. The summed E-state index contributed by atoms with van der Waals surface area (Å²) in [7, 11) is 0. The number of anilines is 1. The fourth-order valence-electron chi connectivity index (χ4n) is 3.96. The van der Waals surface area contributed by atoms with Gasteiger partial charge in [-0.25, -0.2) is 0 Å². The highest BCUT2D eigenvalue weighted by atomic mass is 35.5. The van der Waals surface area contributed by atoms with Crippen molar-refractivity contribution < 1.29 is 19.5 Å². The molecule has 2 aromatic carbocycles. The summed E-state index contributed by atoms with van der Waals surface area (Å²) in [4.78, 5) is 40.7. The molecule has 3 aromatic rings. The van der Waals surface area contributed by atoms with Crippen LogP contribution in [0.25, 0.3) is 5.57 Å². The molecule has 1 amide bonds. The number of carboxylic acids is 1. The average molecular weight is 510 g/mol. The van der Waals surface area contributed by atoms with Crippen LogP contribution in [0.15, 0.2) is 72.7 Å². The summed E-state index contributed by atoms with van der Waals surface area (Å²) in [6.45, 7) is 0. The Labute approximate surface area is 211 Å². The fraction of sp³-hybridized carbons (Fsp3) is 0.154. The van der Waals surface area contributed by atoms with E-state index in [0.717, 1.165) is 11.3 Å². The molecule has 178 valence electrons.